The molecule has 7 heteroatoms. The van der Waals surface area contributed by atoms with Crippen molar-refractivity contribution in [2.45, 2.75) is 32.4 Å². The molecule has 94 valence electrons. The standard InChI is InChI=1S/C10H16N4O3/c1-2-3-7(9(15)16)14-10(17)13-6-8-11-4-5-12-8/h4-5,7H,2-3,6H2,1H3,(H,11,12)(H,15,16)(H2,13,14,17). The van der Waals surface area contributed by atoms with Crippen LogP contribution in [0.4, 0.5) is 4.79 Å². The Kier molecular flexibility index (Phi) is 4.99. The van der Waals surface area contributed by atoms with Crippen LogP contribution in [0.25, 0.3) is 0 Å². The maximum atomic E-state index is 11.4. The maximum absolute atomic E-state index is 11.4. The van der Waals surface area contributed by atoms with Crippen LogP contribution in [0.1, 0.15) is 25.6 Å². The quantitative estimate of drug-likeness (QED) is 0.579. The number of aromatic nitrogens is 2. The lowest BCUT2D eigenvalue weighted by molar-refractivity contribution is -0.139. The highest BCUT2D eigenvalue weighted by Crippen LogP contribution is 1.96. The van der Waals surface area contributed by atoms with Gasteiger partial charge in [-0.3, -0.25) is 0 Å². The first-order valence-electron chi connectivity index (χ1n) is 5.39. The number of aliphatic carboxylic acids is 1. The predicted octanol–water partition coefficient (Wildman–Crippen LogP) is 0.462. The number of carboxylic acids is 1. The van der Waals surface area contributed by atoms with Crippen LogP contribution in [0.15, 0.2) is 12.4 Å². The van der Waals surface area contributed by atoms with Crippen molar-refractivity contribution in [1.29, 1.82) is 0 Å². The maximum Gasteiger partial charge on any atom is 0.326 e. The topological polar surface area (TPSA) is 107 Å². The third-order valence-electron chi connectivity index (χ3n) is 2.15. The molecule has 1 rings (SSSR count). The summed E-state index contributed by atoms with van der Waals surface area (Å²) in [6, 6.07) is -1.36. The first kappa shape index (κ1) is 13.0. The second kappa shape index (κ2) is 6.51. The smallest absolute Gasteiger partial charge is 0.326 e. The summed E-state index contributed by atoms with van der Waals surface area (Å²) in [5.74, 6) is -0.414. The summed E-state index contributed by atoms with van der Waals surface area (Å²) in [6.07, 6.45) is 4.32. The molecule has 17 heavy (non-hydrogen) atoms. The van der Waals surface area contributed by atoms with Gasteiger partial charge in [0.15, 0.2) is 0 Å². The molecule has 0 aromatic carbocycles. The van der Waals surface area contributed by atoms with Crippen molar-refractivity contribution in [3.8, 4) is 0 Å². The normalized spacial score (nSPS) is 11.8. The molecule has 1 aromatic rings. The van der Waals surface area contributed by atoms with E-state index in [1.807, 2.05) is 6.92 Å². The third kappa shape index (κ3) is 4.54. The fourth-order valence-corrected chi connectivity index (χ4v) is 1.31. The Hall–Kier alpha value is -2.05. The van der Waals surface area contributed by atoms with Crippen LogP contribution in [0, 0.1) is 0 Å². The molecule has 0 radical (unpaired) electrons. The van der Waals surface area contributed by atoms with Crippen molar-refractivity contribution in [2.24, 2.45) is 0 Å². The van der Waals surface area contributed by atoms with Crippen molar-refractivity contribution in [3.63, 3.8) is 0 Å². The van der Waals surface area contributed by atoms with Gasteiger partial charge >= 0.3 is 12.0 Å². The van der Waals surface area contributed by atoms with Crippen LogP contribution in [0.2, 0.25) is 0 Å². The van der Waals surface area contributed by atoms with Gasteiger partial charge in [-0.15, -0.1) is 0 Å². The molecule has 2 amide bonds. The van der Waals surface area contributed by atoms with Crippen LogP contribution in [0.3, 0.4) is 0 Å². The van der Waals surface area contributed by atoms with Gasteiger partial charge in [-0.25, -0.2) is 14.6 Å². The molecule has 0 saturated carbocycles. The zero-order valence-electron chi connectivity index (χ0n) is 9.56. The van der Waals surface area contributed by atoms with E-state index in [0.717, 1.165) is 0 Å². The minimum Gasteiger partial charge on any atom is -0.480 e. The number of carbonyl (C=O) groups excluding carboxylic acids is 1. The van der Waals surface area contributed by atoms with Gasteiger partial charge in [0.05, 0.1) is 6.54 Å². The van der Waals surface area contributed by atoms with Crippen LogP contribution >= 0.6 is 0 Å². The van der Waals surface area contributed by atoms with Crippen molar-refractivity contribution in [1.82, 2.24) is 20.6 Å². The van der Waals surface area contributed by atoms with Gasteiger partial charge in [0, 0.05) is 12.4 Å². The fraction of sp³-hybridized carbons (Fsp3) is 0.500. The lowest BCUT2D eigenvalue weighted by Crippen LogP contribution is -2.45. The molecule has 1 aromatic heterocycles. The van der Waals surface area contributed by atoms with Crippen molar-refractivity contribution in [3.05, 3.63) is 18.2 Å². The van der Waals surface area contributed by atoms with E-state index < -0.39 is 18.0 Å². The first-order chi connectivity index (χ1) is 8.13. The van der Waals surface area contributed by atoms with E-state index in [1.54, 1.807) is 12.4 Å². The highest BCUT2D eigenvalue weighted by Gasteiger charge is 2.18. The summed E-state index contributed by atoms with van der Waals surface area (Å²) in [7, 11) is 0. The number of H-pyrrole nitrogens is 1. The second-order valence-corrected chi connectivity index (χ2v) is 3.54. The number of amides is 2. The predicted molar refractivity (Wildman–Crippen MR) is 60.3 cm³/mol. The number of nitrogens with one attached hydrogen (secondary N) is 3. The number of imidazole rings is 1. The summed E-state index contributed by atoms with van der Waals surface area (Å²) in [4.78, 5) is 28.9. The van der Waals surface area contributed by atoms with Gasteiger partial charge < -0.3 is 20.7 Å². The Labute approximate surface area is 98.6 Å². The Morgan fingerprint density at radius 3 is 2.88 bits per heavy atom. The van der Waals surface area contributed by atoms with E-state index in [4.69, 9.17) is 5.11 Å². The van der Waals surface area contributed by atoms with E-state index in [0.29, 0.717) is 18.7 Å². The number of nitrogens with zero attached hydrogens (tertiary/aromatic N) is 1. The van der Waals surface area contributed by atoms with Crippen molar-refractivity contribution in [2.75, 3.05) is 0 Å². The molecule has 0 fully saturated rings. The Morgan fingerprint density at radius 1 is 1.59 bits per heavy atom. The lowest BCUT2D eigenvalue weighted by Gasteiger charge is -2.13. The molecule has 0 bridgehead atoms. The van der Waals surface area contributed by atoms with Gasteiger partial charge in [0.2, 0.25) is 0 Å². The lowest BCUT2D eigenvalue weighted by atomic mass is 10.2. The zero-order chi connectivity index (χ0) is 12.7. The first-order valence-corrected chi connectivity index (χ1v) is 5.39. The number of aromatic amines is 1. The fourth-order valence-electron chi connectivity index (χ4n) is 1.31. The van der Waals surface area contributed by atoms with Crippen LogP contribution < -0.4 is 10.6 Å². The molecular formula is C10H16N4O3. The van der Waals surface area contributed by atoms with Crippen LogP contribution in [-0.4, -0.2) is 33.1 Å². The number of hydrogen-bond acceptors (Lipinski definition) is 3. The molecule has 0 spiro atoms. The number of carboxylic acid groups (broad SMARTS) is 1. The summed E-state index contributed by atoms with van der Waals surface area (Å²) in [5.41, 5.74) is 0. The molecule has 1 atom stereocenters. The third-order valence-corrected chi connectivity index (χ3v) is 2.15. The van der Waals surface area contributed by atoms with Crippen LogP contribution in [0.5, 0.6) is 0 Å². The minimum atomic E-state index is -1.03. The van der Waals surface area contributed by atoms with Crippen molar-refractivity contribution < 1.29 is 14.7 Å². The molecule has 0 aliphatic carbocycles. The molecule has 1 heterocycles. The molecular weight excluding hydrogens is 224 g/mol. The summed E-state index contributed by atoms with van der Waals surface area (Å²) in [5, 5.41) is 13.8. The summed E-state index contributed by atoms with van der Waals surface area (Å²) < 4.78 is 0. The highest BCUT2D eigenvalue weighted by molar-refractivity contribution is 5.82. The highest BCUT2D eigenvalue weighted by atomic mass is 16.4. The largest absolute Gasteiger partial charge is 0.480 e. The van der Waals surface area contributed by atoms with Gasteiger partial charge in [-0.2, -0.15) is 0 Å². The van der Waals surface area contributed by atoms with E-state index in [9.17, 15) is 9.59 Å². The molecule has 0 saturated heterocycles. The minimum absolute atomic E-state index is 0.233. The number of urea groups is 1. The summed E-state index contributed by atoms with van der Waals surface area (Å²) in [6.45, 7) is 2.09. The average Bonchev–Trinajstić information content (AvgIpc) is 2.78. The SMILES string of the molecule is CCCC(NC(=O)NCc1ncc[nH]1)C(=O)O. The second-order valence-electron chi connectivity index (χ2n) is 3.54. The number of carbonyl (C=O) groups is 2. The van der Waals surface area contributed by atoms with Gasteiger partial charge in [0.25, 0.3) is 0 Å². The van der Waals surface area contributed by atoms with Gasteiger partial charge in [-0.05, 0) is 6.42 Å². The van der Waals surface area contributed by atoms with E-state index in [-0.39, 0.29) is 6.54 Å². The number of rotatable bonds is 6. The molecule has 7 nitrogen and oxygen atoms in total. The summed E-state index contributed by atoms with van der Waals surface area (Å²) >= 11 is 0. The van der Waals surface area contributed by atoms with E-state index in [1.165, 1.54) is 0 Å². The molecule has 4 N–H and O–H groups in total. The Balaban J connectivity index is 2.34. The Bertz CT molecular complexity index is 364. The monoisotopic (exact) mass is 240 g/mol. The average molecular weight is 240 g/mol. The van der Waals surface area contributed by atoms with E-state index in [2.05, 4.69) is 20.6 Å². The Morgan fingerprint density at radius 2 is 2.35 bits per heavy atom. The number of hydrogen-bond donors (Lipinski definition) is 4. The molecule has 0 aliphatic heterocycles. The van der Waals surface area contributed by atoms with Gasteiger partial charge in [-0.1, -0.05) is 13.3 Å². The molecule has 0 aliphatic rings. The van der Waals surface area contributed by atoms with Crippen LogP contribution in [-0.2, 0) is 11.3 Å². The van der Waals surface area contributed by atoms with Gasteiger partial charge in [0.1, 0.15) is 11.9 Å². The zero-order valence-corrected chi connectivity index (χ0v) is 9.56. The van der Waals surface area contributed by atoms with E-state index >= 15 is 0 Å². The van der Waals surface area contributed by atoms with Crippen molar-refractivity contribution >= 4 is 12.0 Å². The molecule has 1 unspecified atom stereocenters.